The van der Waals surface area contributed by atoms with E-state index in [0.717, 1.165) is 16.8 Å². The highest BCUT2D eigenvalue weighted by Crippen LogP contribution is 2.23. The summed E-state index contributed by atoms with van der Waals surface area (Å²) < 4.78 is 44.5. The zero-order valence-electron chi connectivity index (χ0n) is 14.1. The standard InChI is InChI=1S/C17H15F3N4O3/c1-10(11-5-6-13(12(18)8-11)27-16(19)20)21-15(25)9-24-17(26)23-7-3-2-4-14(23)22-24/h2-8,10,16H,9H2,1H3,(H,21,25)/t10-/m0/s1. The number of fused-ring (bicyclic) bond motifs is 1. The lowest BCUT2D eigenvalue weighted by Gasteiger charge is -2.15. The minimum atomic E-state index is -3.13. The van der Waals surface area contributed by atoms with Crippen molar-refractivity contribution in [3.05, 3.63) is 64.5 Å². The first-order valence-electron chi connectivity index (χ1n) is 7.93. The van der Waals surface area contributed by atoms with Crippen molar-refractivity contribution in [2.45, 2.75) is 26.1 Å². The molecule has 1 atom stereocenters. The first kappa shape index (κ1) is 18.5. The van der Waals surface area contributed by atoms with E-state index in [1.54, 1.807) is 25.1 Å². The largest absolute Gasteiger partial charge is 0.432 e. The number of carbonyl (C=O) groups is 1. The van der Waals surface area contributed by atoms with Gasteiger partial charge in [-0.25, -0.2) is 13.9 Å². The highest BCUT2D eigenvalue weighted by molar-refractivity contribution is 5.76. The minimum absolute atomic E-state index is 0.320. The summed E-state index contributed by atoms with van der Waals surface area (Å²) >= 11 is 0. The van der Waals surface area contributed by atoms with Gasteiger partial charge < -0.3 is 10.1 Å². The molecule has 0 aliphatic rings. The fourth-order valence-corrected chi connectivity index (χ4v) is 2.56. The Kier molecular flexibility index (Phi) is 5.15. The van der Waals surface area contributed by atoms with Crippen molar-refractivity contribution < 1.29 is 22.7 Å². The van der Waals surface area contributed by atoms with Crippen LogP contribution < -0.4 is 15.7 Å². The second kappa shape index (κ2) is 7.52. The lowest BCUT2D eigenvalue weighted by atomic mass is 10.1. The van der Waals surface area contributed by atoms with Crippen molar-refractivity contribution in [1.82, 2.24) is 19.5 Å². The number of ether oxygens (including phenoxy) is 1. The Morgan fingerprint density at radius 3 is 2.74 bits per heavy atom. The third-order valence-electron chi connectivity index (χ3n) is 3.83. The van der Waals surface area contributed by atoms with Crippen LogP contribution in [0.4, 0.5) is 13.2 Å². The molecule has 1 N–H and O–H groups in total. The Balaban J connectivity index is 1.69. The summed E-state index contributed by atoms with van der Waals surface area (Å²) in [6, 6.07) is 7.81. The second-order valence-corrected chi connectivity index (χ2v) is 5.73. The predicted octanol–water partition coefficient (Wildman–Crippen LogP) is 2.11. The number of rotatable bonds is 6. The molecular weight excluding hydrogens is 365 g/mol. The number of halogens is 3. The molecule has 0 saturated heterocycles. The molecule has 3 rings (SSSR count). The molecule has 0 aliphatic heterocycles. The lowest BCUT2D eigenvalue weighted by molar-refractivity contribution is -0.122. The van der Waals surface area contributed by atoms with Crippen LogP contribution in [-0.4, -0.2) is 26.7 Å². The molecule has 0 aliphatic carbocycles. The molecule has 0 spiro atoms. The van der Waals surface area contributed by atoms with E-state index in [9.17, 15) is 22.8 Å². The van der Waals surface area contributed by atoms with Crippen LogP contribution in [0.25, 0.3) is 5.65 Å². The van der Waals surface area contributed by atoms with E-state index in [-0.39, 0.29) is 6.54 Å². The monoisotopic (exact) mass is 380 g/mol. The summed E-state index contributed by atoms with van der Waals surface area (Å²) in [5.41, 5.74) is 0.290. The molecular formula is C17H15F3N4O3. The SMILES string of the molecule is C[C@H](NC(=O)Cn1nc2ccccn2c1=O)c1ccc(OC(F)F)c(F)c1. The van der Waals surface area contributed by atoms with E-state index < -0.39 is 35.8 Å². The molecule has 2 heterocycles. The molecule has 10 heteroatoms. The van der Waals surface area contributed by atoms with Gasteiger partial charge in [-0.05, 0) is 36.8 Å². The van der Waals surface area contributed by atoms with E-state index in [1.165, 1.54) is 16.7 Å². The highest BCUT2D eigenvalue weighted by atomic mass is 19.3. The number of hydrogen-bond donors (Lipinski definition) is 1. The van der Waals surface area contributed by atoms with Crippen molar-refractivity contribution in [2.75, 3.05) is 0 Å². The predicted molar refractivity (Wildman–Crippen MR) is 89.0 cm³/mol. The molecule has 27 heavy (non-hydrogen) atoms. The Morgan fingerprint density at radius 2 is 2.07 bits per heavy atom. The number of nitrogens with one attached hydrogen (secondary N) is 1. The van der Waals surface area contributed by atoms with Crippen LogP contribution in [0.5, 0.6) is 5.75 Å². The number of pyridine rings is 1. The van der Waals surface area contributed by atoms with E-state index in [4.69, 9.17) is 0 Å². The van der Waals surface area contributed by atoms with E-state index in [0.29, 0.717) is 11.2 Å². The number of carbonyl (C=O) groups excluding carboxylic acids is 1. The van der Waals surface area contributed by atoms with E-state index >= 15 is 0 Å². The van der Waals surface area contributed by atoms with Crippen LogP contribution in [0.15, 0.2) is 47.4 Å². The van der Waals surface area contributed by atoms with E-state index in [2.05, 4.69) is 15.2 Å². The zero-order chi connectivity index (χ0) is 19.6. The molecule has 1 amide bonds. The average molecular weight is 380 g/mol. The second-order valence-electron chi connectivity index (χ2n) is 5.73. The number of nitrogens with zero attached hydrogens (tertiary/aromatic N) is 3. The van der Waals surface area contributed by atoms with E-state index in [1.807, 2.05) is 0 Å². The summed E-state index contributed by atoms with van der Waals surface area (Å²) in [6.45, 7) is -1.86. The normalized spacial score (nSPS) is 12.3. The highest BCUT2D eigenvalue weighted by Gasteiger charge is 2.16. The van der Waals surface area contributed by atoms with Crippen molar-refractivity contribution in [1.29, 1.82) is 0 Å². The van der Waals surface area contributed by atoms with Gasteiger partial charge in [0.2, 0.25) is 5.91 Å². The van der Waals surface area contributed by atoms with Gasteiger partial charge >= 0.3 is 12.3 Å². The summed E-state index contributed by atoms with van der Waals surface area (Å²) in [5, 5.41) is 6.64. The van der Waals surface area contributed by atoms with Gasteiger partial charge in [0.05, 0.1) is 6.04 Å². The molecule has 0 saturated carbocycles. The molecule has 142 valence electrons. The van der Waals surface area contributed by atoms with Gasteiger partial charge in [-0.1, -0.05) is 12.1 Å². The summed E-state index contributed by atoms with van der Waals surface area (Å²) in [7, 11) is 0. The topological polar surface area (TPSA) is 77.6 Å². The first-order chi connectivity index (χ1) is 12.8. The molecule has 0 fully saturated rings. The van der Waals surface area contributed by atoms with Gasteiger partial charge in [-0.2, -0.15) is 8.78 Å². The van der Waals surface area contributed by atoms with Crippen LogP contribution in [-0.2, 0) is 11.3 Å². The maximum Gasteiger partial charge on any atom is 0.387 e. The van der Waals surface area contributed by atoms with Crippen molar-refractivity contribution in [3.63, 3.8) is 0 Å². The first-order valence-corrected chi connectivity index (χ1v) is 7.93. The molecule has 0 unspecified atom stereocenters. The summed E-state index contributed by atoms with van der Waals surface area (Å²) in [5.74, 6) is -2.06. The number of benzene rings is 1. The number of hydrogen-bond acceptors (Lipinski definition) is 4. The maximum absolute atomic E-state index is 13.8. The van der Waals surface area contributed by atoms with Gasteiger partial charge in [0.25, 0.3) is 0 Å². The molecule has 7 nitrogen and oxygen atoms in total. The van der Waals surface area contributed by atoms with Gasteiger partial charge in [-0.3, -0.25) is 9.20 Å². The molecule has 2 aromatic heterocycles. The Bertz CT molecular complexity index is 1030. The van der Waals surface area contributed by atoms with Gasteiger partial charge in [0.1, 0.15) is 6.54 Å². The minimum Gasteiger partial charge on any atom is -0.432 e. The zero-order valence-corrected chi connectivity index (χ0v) is 14.1. The average Bonchev–Trinajstić information content (AvgIpc) is 2.92. The van der Waals surface area contributed by atoms with Crippen molar-refractivity contribution in [3.8, 4) is 5.75 Å². The Labute approximate surface area is 151 Å². The number of alkyl halides is 2. The number of aromatic nitrogens is 3. The van der Waals surface area contributed by atoms with Crippen LogP contribution in [0, 0.1) is 5.82 Å². The molecule has 0 radical (unpaired) electrons. The third kappa shape index (κ3) is 4.10. The smallest absolute Gasteiger partial charge is 0.387 e. The molecule has 3 aromatic rings. The third-order valence-corrected chi connectivity index (χ3v) is 3.83. The van der Waals surface area contributed by atoms with Crippen LogP contribution >= 0.6 is 0 Å². The quantitative estimate of drug-likeness (QED) is 0.711. The lowest BCUT2D eigenvalue weighted by Crippen LogP contribution is -2.34. The van der Waals surface area contributed by atoms with Gasteiger partial charge in [0, 0.05) is 6.20 Å². The Hall–Kier alpha value is -3.30. The number of amides is 1. The summed E-state index contributed by atoms with van der Waals surface area (Å²) in [4.78, 5) is 24.3. The van der Waals surface area contributed by atoms with Gasteiger partial charge in [0.15, 0.2) is 17.2 Å². The van der Waals surface area contributed by atoms with Crippen LogP contribution in [0.2, 0.25) is 0 Å². The van der Waals surface area contributed by atoms with Crippen LogP contribution in [0.1, 0.15) is 18.5 Å². The summed E-state index contributed by atoms with van der Waals surface area (Å²) in [6.07, 6.45) is 1.54. The fourth-order valence-electron chi connectivity index (χ4n) is 2.56. The molecule has 1 aromatic carbocycles. The molecule has 0 bridgehead atoms. The van der Waals surface area contributed by atoms with Crippen molar-refractivity contribution in [2.24, 2.45) is 0 Å². The Morgan fingerprint density at radius 1 is 1.30 bits per heavy atom. The van der Waals surface area contributed by atoms with Gasteiger partial charge in [-0.15, -0.1) is 5.10 Å². The maximum atomic E-state index is 13.8. The van der Waals surface area contributed by atoms with Crippen LogP contribution in [0.3, 0.4) is 0 Å². The van der Waals surface area contributed by atoms with Crippen molar-refractivity contribution >= 4 is 11.6 Å². The fraction of sp³-hybridized carbons (Fsp3) is 0.235.